The van der Waals surface area contributed by atoms with Gasteiger partial charge in [-0.25, -0.2) is 0 Å². The number of nitrogens with zero attached hydrogens (tertiary/aromatic N) is 1. The highest BCUT2D eigenvalue weighted by Crippen LogP contribution is 2.37. The standard InChI is InChI=1S/C18H25Br2NO/c1-2-3-4-6-11-16-12-18(22,17(19)20)21(14-16)13-15-9-7-5-8-10-15/h5,7-10,12,17,22H,2-4,6,11,13-14H2,1H3. The molecule has 0 amide bonds. The number of unbranched alkanes of at least 4 members (excludes halogenated alkanes) is 3. The molecule has 0 saturated carbocycles. The van der Waals surface area contributed by atoms with Gasteiger partial charge in [0.25, 0.3) is 0 Å². The summed E-state index contributed by atoms with van der Waals surface area (Å²) in [5, 5.41) is 11.0. The van der Waals surface area contributed by atoms with Gasteiger partial charge >= 0.3 is 0 Å². The fourth-order valence-corrected chi connectivity index (χ4v) is 3.77. The number of rotatable bonds is 8. The summed E-state index contributed by atoms with van der Waals surface area (Å²) in [6.45, 7) is 3.82. The largest absolute Gasteiger partial charge is 0.370 e. The maximum Gasteiger partial charge on any atom is 0.161 e. The third-order valence-electron chi connectivity index (χ3n) is 4.21. The van der Waals surface area contributed by atoms with Crippen molar-refractivity contribution in [1.82, 2.24) is 4.90 Å². The molecule has 1 aromatic rings. The first kappa shape index (κ1) is 18.2. The normalized spacial score (nSPS) is 22.3. The molecule has 1 atom stereocenters. The van der Waals surface area contributed by atoms with Crippen LogP contribution in [0.1, 0.15) is 44.6 Å². The number of aliphatic hydroxyl groups is 1. The van der Waals surface area contributed by atoms with Crippen LogP contribution < -0.4 is 0 Å². The van der Waals surface area contributed by atoms with Crippen molar-refractivity contribution in [3.63, 3.8) is 0 Å². The molecule has 1 aliphatic rings. The lowest BCUT2D eigenvalue weighted by Gasteiger charge is -2.34. The quantitative estimate of drug-likeness (QED) is 0.348. The summed E-state index contributed by atoms with van der Waals surface area (Å²) in [5.74, 6) is 0. The molecule has 0 saturated heterocycles. The van der Waals surface area contributed by atoms with E-state index in [4.69, 9.17) is 0 Å². The third kappa shape index (κ3) is 4.67. The molecule has 0 spiro atoms. The Balaban J connectivity index is 2.01. The molecule has 0 fully saturated rings. The van der Waals surface area contributed by atoms with Gasteiger partial charge in [0.1, 0.15) is 3.74 Å². The minimum atomic E-state index is -0.962. The number of hydrogen-bond donors (Lipinski definition) is 1. The number of halogens is 2. The highest BCUT2D eigenvalue weighted by Gasteiger charge is 2.42. The van der Waals surface area contributed by atoms with Crippen molar-refractivity contribution in [2.75, 3.05) is 6.54 Å². The van der Waals surface area contributed by atoms with E-state index in [1.54, 1.807) is 0 Å². The molecular formula is C18H25Br2NO. The first-order chi connectivity index (χ1) is 10.6. The summed E-state index contributed by atoms with van der Waals surface area (Å²) in [6.07, 6.45) is 8.16. The van der Waals surface area contributed by atoms with Crippen LogP contribution in [0.4, 0.5) is 0 Å². The molecule has 22 heavy (non-hydrogen) atoms. The summed E-state index contributed by atoms with van der Waals surface area (Å²) < 4.78 is -0.177. The van der Waals surface area contributed by atoms with Crippen LogP contribution in [0.2, 0.25) is 0 Å². The van der Waals surface area contributed by atoms with Crippen LogP contribution in [0.15, 0.2) is 42.0 Å². The third-order valence-corrected chi connectivity index (χ3v) is 5.55. The van der Waals surface area contributed by atoms with E-state index in [-0.39, 0.29) is 3.74 Å². The van der Waals surface area contributed by atoms with Crippen LogP contribution in [0.3, 0.4) is 0 Å². The average Bonchev–Trinajstić information content (AvgIpc) is 2.82. The van der Waals surface area contributed by atoms with Crippen LogP contribution in [0, 0.1) is 0 Å². The smallest absolute Gasteiger partial charge is 0.161 e. The van der Waals surface area contributed by atoms with E-state index >= 15 is 0 Å². The summed E-state index contributed by atoms with van der Waals surface area (Å²) in [6, 6.07) is 10.3. The monoisotopic (exact) mass is 429 g/mol. The summed E-state index contributed by atoms with van der Waals surface area (Å²) in [5.41, 5.74) is 1.61. The predicted octanol–water partition coefficient (Wildman–Crippen LogP) is 5.20. The van der Waals surface area contributed by atoms with Crippen molar-refractivity contribution >= 4 is 31.9 Å². The zero-order valence-corrected chi connectivity index (χ0v) is 16.3. The van der Waals surface area contributed by atoms with Crippen molar-refractivity contribution in [3.05, 3.63) is 47.5 Å². The maximum atomic E-state index is 11.0. The Labute approximate surface area is 150 Å². The molecular weight excluding hydrogens is 406 g/mol. The van der Waals surface area contributed by atoms with Crippen LogP contribution in [0.25, 0.3) is 0 Å². The van der Waals surface area contributed by atoms with Crippen LogP contribution in [-0.4, -0.2) is 26.0 Å². The Morgan fingerprint density at radius 3 is 2.55 bits per heavy atom. The van der Waals surface area contributed by atoms with Crippen LogP contribution in [0.5, 0.6) is 0 Å². The van der Waals surface area contributed by atoms with Gasteiger partial charge < -0.3 is 5.11 Å². The maximum absolute atomic E-state index is 11.0. The molecule has 0 bridgehead atoms. The lowest BCUT2D eigenvalue weighted by atomic mass is 10.1. The fourth-order valence-electron chi connectivity index (χ4n) is 2.93. The summed E-state index contributed by atoms with van der Waals surface area (Å²) in [7, 11) is 0. The highest BCUT2D eigenvalue weighted by molar-refractivity contribution is 9.24. The SMILES string of the molecule is CCCCCCC1=CC(O)(C(Br)Br)N(Cc2ccccc2)C1. The predicted molar refractivity (Wildman–Crippen MR) is 100 cm³/mol. The van der Waals surface area contributed by atoms with Gasteiger partial charge in [0.2, 0.25) is 0 Å². The first-order valence-corrected chi connectivity index (χ1v) is 9.89. The highest BCUT2D eigenvalue weighted by atomic mass is 79.9. The van der Waals surface area contributed by atoms with Crippen LogP contribution in [-0.2, 0) is 6.54 Å². The number of alkyl halides is 2. The summed E-state index contributed by atoms with van der Waals surface area (Å²) >= 11 is 7.02. The van der Waals surface area contributed by atoms with Crippen molar-refractivity contribution < 1.29 is 5.11 Å². The topological polar surface area (TPSA) is 23.5 Å². The van der Waals surface area contributed by atoms with Gasteiger partial charge in [0.05, 0.1) is 0 Å². The molecule has 1 aliphatic heterocycles. The van der Waals surface area contributed by atoms with Crippen LogP contribution >= 0.6 is 31.9 Å². The molecule has 1 aromatic carbocycles. The Hall–Kier alpha value is -0.160. The zero-order chi connectivity index (χ0) is 16.0. The Morgan fingerprint density at radius 1 is 1.18 bits per heavy atom. The van der Waals surface area contributed by atoms with Gasteiger partial charge in [-0.15, -0.1) is 0 Å². The molecule has 4 heteroatoms. The number of hydrogen-bond acceptors (Lipinski definition) is 2. The molecule has 0 radical (unpaired) electrons. The van der Waals surface area contributed by atoms with Gasteiger partial charge in [-0.05, 0) is 24.5 Å². The van der Waals surface area contributed by atoms with Gasteiger partial charge in [-0.2, -0.15) is 0 Å². The second-order valence-corrected chi connectivity index (χ2v) is 9.10. The second-order valence-electron chi connectivity index (χ2n) is 6.04. The van der Waals surface area contributed by atoms with Gasteiger partial charge in [-0.3, -0.25) is 4.90 Å². The van der Waals surface area contributed by atoms with Gasteiger partial charge in [0, 0.05) is 13.1 Å². The van der Waals surface area contributed by atoms with Gasteiger partial charge in [-0.1, -0.05) is 94.0 Å². The van der Waals surface area contributed by atoms with Crippen molar-refractivity contribution in [2.45, 2.75) is 55.0 Å². The molecule has 2 rings (SSSR count). The van der Waals surface area contributed by atoms with E-state index in [0.29, 0.717) is 0 Å². The van der Waals surface area contributed by atoms with Crippen molar-refractivity contribution in [2.24, 2.45) is 0 Å². The molecule has 1 heterocycles. The van der Waals surface area contributed by atoms with E-state index in [1.165, 1.54) is 36.8 Å². The lowest BCUT2D eigenvalue weighted by molar-refractivity contribution is -0.0400. The number of benzene rings is 1. The average molecular weight is 431 g/mol. The Kier molecular flexibility index (Phi) is 7.13. The van der Waals surface area contributed by atoms with E-state index in [1.807, 2.05) is 24.3 Å². The van der Waals surface area contributed by atoms with E-state index in [0.717, 1.165) is 19.5 Å². The minimum Gasteiger partial charge on any atom is -0.370 e. The Bertz CT molecular complexity index is 489. The fraction of sp³-hybridized carbons (Fsp3) is 0.556. The van der Waals surface area contributed by atoms with Crippen molar-refractivity contribution in [1.29, 1.82) is 0 Å². The minimum absolute atomic E-state index is 0.177. The van der Waals surface area contributed by atoms with E-state index in [9.17, 15) is 5.11 Å². The lowest BCUT2D eigenvalue weighted by Crippen LogP contribution is -2.48. The molecule has 2 nitrogen and oxygen atoms in total. The molecule has 122 valence electrons. The molecule has 0 aromatic heterocycles. The van der Waals surface area contributed by atoms with E-state index < -0.39 is 5.72 Å². The van der Waals surface area contributed by atoms with Crippen molar-refractivity contribution in [3.8, 4) is 0 Å². The zero-order valence-electron chi connectivity index (χ0n) is 13.1. The first-order valence-electron chi connectivity index (χ1n) is 8.06. The summed E-state index contributed by atoms with van der Waals surface area (Å²) in [4.78, 5) is 2.13. The molecule has 1 unspecified atom stereocenters. The Morgan fingerprint density at radius 2 is 1.91 bits per heavy atom. The second kappa shape index (κ2) is 8.62. The molecule has 0 aliphatic carbocycles. The van der Waals surface area contributed by atoms with E-state index in [2.05, 4.69) is 55.8 Å². The molecule has 1 N–H and O–H groups in total. The van der Waals surface area contributed by atoms with Gasteiger partial charge in [0.15, 0.2) is 5.72 Å².